The van der Waals surface area contributed by atoms with E-state index in [1.807, 2.05) is 13.8 Å². The minimum absolute atomic E-state index is 0.0322. The molecule has 10 heterocycles. The van der Waals surface area contributed by atoms with Crippen LogP contribution in [-0.2, 0) is 52.6 Å². The number of anilines is 12. The minimum Gasteiger partial charge on any atom is -0.372 e. The molecule has 660 valence electrons. The topological polar surface area (TPSA) is 407 Å². The van der Waals surface area contributed by atoms with E-state index in [1.54, 1.807) is 122 Å². The number of rotatable bonds is 27. The summed E-state index contributed by atoms with van der Waals surface area (Å²) in [5.41, 5.74) is -1.17. The van der Waals surface area contributed by atoms with Gasteiger partial charge in [0.2, 0.25) is 29.7 Å². The predicted octanol–water partition coefficient (Wildman–Crippen LogP) is 19.0. The van der Waals surface area contributed by atoms with E-state index in [0.29, 0.717) is 81.9 Å². The van der Waals surface area contributed by atoms with Gasteiger partial charge in [-0.25, -0.2) is 39.9 Å². The van der Waals surface area contributed by atoms with Gasteiger partial charge in [-0.15, -0.1) is 35.3 Å². The lowest BCUT2D eigenvalue weighted by molar-refractivity contribution is -0.141. The summed E-state index contributed by atoms with van der Waals surface area (Å²) in [6.45, 7) is 20.1. The maximum Gasteiger partial charge on any atom is 0.421 e. The first-order valence-corrected chi connectivity index (χ1v) is 40.2. The number of thioether (sulfide) groups is 3. The second kappa shape index (κ2) is 41.2. The first-order valence-electron chi connectivity index (χ1n) is 36.2. The Bertz CT molecular complexity index is 5460. The third-order valence-corrected chi connectivity index (χ3v) is 20.5. The molecular formula is C72H81Cl2F14N31OS3. The van der Waals surface area contributed by atoms with Gasteiger partial charge in [-0.3, -0.25) is 23.4 Å². The Morgan fingerprint density at radius 2 is 0.846 bits per heavy atom. The van der Waals surface area contributed by atoms with Gasteiger partial charge in [0.15, 0.2) is 5.15 Å². The minimum atomic E-state index is -4.59. The number of nitriles is 4. The average Bonchev–Trinajstić information content (AvgIpc) is 1.68. The van der Waals surface area contributed by atoms with Crippen LogP contribution in [0.1, 0.15) is 133 Å². The highest BCUT2D eigenvalue weighted by molar-refractivity contribution is 7.99. The van der Waals surface area contributed by atoms with E-state index in [4.69, 9.17) is 33.7 Å². The van der Waals surface area contributed by atoms with Gasteiger partial charge in [-0.1, -0.05) is 37.0 Å². The maximum atomic E-state index is 13.0. The van der Waals surface area contributed by atoms with Crippen LogP contribution < -0.4 is 37.2 Å². The van der Waals surface area contributed by atoms with E-state index >= 15 is 0 Å². The van der Waals surface area contributed by atoms with Crippen molar-refractivity contribution in [3.05, 3.63) is 117 Å². The van der Waals surface area contributed by atoms with Gasteiger partial charge < -0.3 is 42.0 Å². The fourth-order valence-corrected chi connectivity index (χ4v) is 12.5. The van der Waals surface area contributed by atoms with Crippen LogP contribution in [0.2, 0.25) is 10.2 Å². The Labute approximate surface area is 718 Å². The van der Waals surface area contributed by atoms with E-state index in [9.17, 15) is 72.0 Å². The second-order valence-corrected chi connectivity index (χ2v) is 32.0. The zero-order chi connectivity index (χ0) is 91.7. The maximum absolute atomic E-state index is 13.0. The lowest BCUT2D eigenvalue weighted by Gasteiger charge is -2.15. The Hall–Kier alpha value is -11.4. The lowest BCUT2D eigenvalue weighted by atomic mass is 10.0. The van der Waals surface area contributed by atoms with Gasteiger partial charge in [0.25, 0.3) is 0 Å². The number of aromatic nitrogens is 20. The fourth-order valence-electron chi connectivity index (χ4n) is 10.1. The van der Waals surface area contributed by atoms with Crippen molar-refractivity contribution in [2.75, 3.05) is 75.7 Å². The zero-order valence-electron chi connectivity index (χ0n) is 68.3. The van der Waals surface area contributed by atoms with E-state index in [-0.39, 0.29) is 62.7 Å². The second-order valence-electron chi connectivity index (χ2n) is 27.9. The SMILES string of the molecule is CCSc1nc(Nc2cn(C(C)(C)C#N)nc2C)ncc1C(F)(F)F.CCSc1nc(Nc2cn(C(C)(C)C#N)nc2C)ncc1Cl.CNc1nc(Nc2cn(C(C)COC(F)F)nc2C)ncc1C(F)(F)F.CNc1nc(Nc2cnn(CC3(CC#N)CC3)c2Cl)ncc1C(F)(F)F.CSc1nc(Nc2cn(C(C)(C)C#N)nc2C)ncc1C(F)(F)F. The van der Waals surface area contributed by atoms with Crippen molar-refractivity contribution in [1.82, 2.24) is 98.7 Å². The molecule has 11 rings (SSSR count). The molecular weight excluding hydrogens is 1750 g/mol. The number of alkyl halides is 14. The third kappa shape index (κ3) is 26.8. The van der Waals surface area contributed by atoms with Gasteiger partial charge in [0, 0.05) is 63.5 Å². The van der Waals surface area contributed by atoms with E-state index in [2.05, 4.69) is 142 Å². The number of nitrogens with zero attached hydrogens (tertiary/aromatic N) is 24. The Kier molecular flexibility index (Phi) is 33.1. The van der Waals surface area contributed by atoms with Gasteiger partial charge in [0.05, 0.1) is 124 Å². The summed E-state index contributed by atoms with van der Waals surface area (Å²) in [6, 6.07) is 8.15. The number of hydrogen-bond acceptors (Lipinski definition) is 30. The largest absolute Gasteiger partial charge is 0.421 e. The number of aryl methyl sites for hydroxylation is 4. The summed E-state index contributed by atoms with van der Waals surface area (Å²) in [5, 5.41) is 78.0. The number of ether oxygens (including phenoxy) is 1. The molecule has 123 heavy (non-hydrogen) atoms. The predicted molar refractivity (Wildman–Crippen MR) is 434 cm³/mol. The van der Waals surface area contributed by atoms with Crippen molar-refractivity contribution in [3.63, 3.8) is 0 Å². The molecule has 0 bridgehead atoms. The van der Waals surface area contributed by atoms with Crippen LogP contribution in [0.5, 0.6) is 0 Å². The van der Waals surface area contributed by atoms with E-state index < -0.39 is 76.2 Å². The summed E-state index contributed by atoms with van der Waals surface area (Å²) in [6.07, 6.45) is -1.93. The summed E-state index contributed by atoms with van der Waals surface area (Å²) < 4.78 is 191. The van der Waals surface area contributed by atoms with E-state index in [1.165, 1.54) is 46.8 Å². The molecule has 32 nitrogen and oxygen atoms in total. The molecule has 1 unspecified atom stereocenters. The van der Waals surface area contributed by atoms with Crippen LogP contribution in [0.3, 0.4) is 0 Å². The molecule has 0 saturated heterocycles. The highest BCUT2D eigenvalue weighted by Gasteiger charge is 2.44. The fraction of sp³-hybridized carbons (Fsp3) is 0.458. The van der Waals surface area contributed by atoms with Crippen molar-refractivity contribution in [2.45, 2.75) is 185 Å². The van der Waals surface area contributed by atoms with E-state index in [0.717, 1.165) is 70.9 Å². The molecule has 0 aromatic carbocycles. The molecule has 0 aliphatic heterocycles. The van der Waals surface area contributed by atoms with Crippen molar-refractivity contribution in [1.29, 1.82) is 21.0 Å². The van der Waals surface area contributed by atoms with Crippen LogP contribution in [0.25, 0.3) is 0 Å². The molecule has 0 spiro atoms. The standard InChI is InChI=1S/C15H15ClF3N7.C15H17F3N6S.C14H17ClN6S.C14H17F5N6O.C14H15F3N6S/c1-21-12-9(15(17,18)19)6-22-13(25-12)24-10-7-23-26(11(10)16)8-14(2-3-14)4-5-20;1-5-25-12-10(15(16,17)18)6-20-13(22-12)21-11-7-24(23-9(11)2)14(3,4)8-19;1-5-22-12-10(15)6-17-13(19-12)18-11-7-21(20-9(11)2)14(3,4)8-16;1-7(6-26-12(15)16)25-5-10(8(2)24-25)22-13-21-4-9(14(17,18)19)11(20-3)23-13;1-8-10(6-23(22-8)13(2,3)7-18)20-12-19-5-9(14(15,16)17)11(21-12)24-4/h6-7H,2-4,8H2,1H3,(H2,21,22,24,25);6-7H,5H2,1-4H3,(H,20,21,22);6-7H,5H2,1-4H3,(H,17,18,19);4-5,7,12H,6H2,1-3H3,(H2,20,21,22,23);5-6H,1-4H3,(H,19,20,21). The highest BCUT2D eigenvalue weighted by Crippen LogP contribution is 2.51. The molecule has 1 fully saturated rings. The summed E-state index contributed by atoms with van der Waals surface area (Å²) in [4.78, 5) is 38.9. The highest BCUT2D eigenvalue weighted by atomic mass is 35.5. The lowest BCUT2D eigenvalue weighted by Crippen LogP contribution is -2.24. The van der Waals surface area contributed by atoms with Gasteiger partial charge in [0.1, 0.15) is 65.6 Å². The number of nitrogens with one attached hydrogen (secondary N) is 7. The molecule has 10 aromatic heterocycles. The molecule has 10 aromatic rings. The molecule has 0 amide bonds. The normalized spacial score (nSPS) is 12.9. The summed E-state index contributed by atoms with van der Waals surface area (Å²) in [7, 11) is 2.66. The molecule has 1 saturated carbocycles. The third-order valence-electron chi connectivity index (χ3n) is 17.2. The van der Waals surface area contributed by atoms with Crippen LogP contribution in [-0.4, -0.2) is 144 Å². The monoisotopic (exact) mass is 1830 g/mol. The molecule has 1 aliphatic rings. The van der Waals surface area contributed by atoms with Gasteiger partial charge in [-0.2, -0.15) is 118 Å². The van der Waals surface area contributed by atoms with Crippen LogP contribution >= 0.6 is 58.5 Å². The number of halogens is 16. The van der Waals surface area contributed by atoms with Crippen molar-refractivity contribution < 1.29 is 66.2 Å². The smallest absolute Gasteiger partial charge is 0.372 e. The molecule has 7 N–H and O–H groups in total. The summed E-state index contributed by atoms with van der Waals surface area (Å²) >= 11 is 15.8. The summed E-state index contributed by atoms with van der Waals surface area (Å²) in [5.74, 6) is 1.03. The van der Waals surface area contributed by atoms with Crippen molar-refractivity contribution in [2.24, 2.45) is 5.41 Å². The Balaban J connectivity index is 0.000000212. The molecule has 51 heteroatoms. The van der Waals surface area contributed by atoms with Crippen LogP contribution in [0, 0.1) is 78.4 Å². The van der Waals surface area contributed by atoms with Crippen LogP contribution in [0.15, 0.2) is 77.0 Å². The molecule has 1 atom stereocenters. The molecule has 1 aliphatic carbocycles. The van der Waals surface area contributed by atoms with Crippen molar-refractivity contribution in [3.8, 4) is 24.3 Å². The Morgan fingerprint density at radius 3 is 1.21 bits per heavy atom. The average molecular weight is 1830 g/mol. The van der Waals surface area contributed by atoms with Crippen molar-refractivity contribution >= 4 is 128 Å². The number of hydrogen-bond donors (Lipinski definition) is 7. The van der Waals surface area contributed by atoms with Gasteiger partial charge >= 0.3 is 31.3 Å². The first kappa shape index (κ1) is 98.7. The quantitative estimate of drug-likeness (QED) is 0.0143. The van der Waals surface area contributed by atoms with Gasteiger partial charge in [-0.05, 0) is 107 Å². The molecule has 0 radical (unpaired) electrons. The van der Waals surface area contributed by atoms with Crippen LogP contribution in [0.4, 0.5) is 131 Å². The first-order chi connectivity index (χ1) is 57.4. The zero-order valence-corrected chi connectivity index (χ0v) is 72.3. The Morgan fingerprint density at radius 1 is 0.496 bits per heavy atom.